The highest BCUT2D eigenvalue weighted by molar-refractivity contribution is 5.11. The fraction of sp³-hybridized carbons (Fsp3) is 0.600. The third-order valence-electron chi connectivity index (χ3n) is 0.889. The van der Waals surface area contributed by atoms with E-state index in [4.69, 9.17) is 0 Å². The molecule has 0 aromatic carbocycles. The van der Waals surface area contributed by atoms with Crippen LogP contribution < -0.4 is 0 Å². The summed E-state index contributed by atoms with van der Waals surface area (Å²) in [6.07, 6.45) is 0. The van der Waals surface area contributed by atoms with Crippen molar-refractivity contribution in [1.82, 2.24) is 4.90 Å². The van der Waals surface area contributed by atoms with Crippen molar-refractivity contribution in [2.75, 3.05) is 13.1 Å². The fourth-order valence-corrected chi connectivity index (χ4v) is 0.382. The largest absolute Gasteiger partial charge is 0.321 e. The Bertz CT molecular complexity index is 96.2. The Labute approximate surface area is 38.0 Å². The van der Waals surface area contributed by atoms with Crippen molar-refractivity contribution in [1.29, 1.82) is 0 Å². The van der Waals surface area contributed by atoms with Crippen molar-refractivity contribution < 1.29 is 0 Å². The molecule has 1 aliphatic rings. The Balaban J connectivity index is 2.29. The predicted octanol–water partition coefficient (Wildman–Crippen LogP) is 0.283. The second kappa shape index (κ2) is 1.22. The van der Waals surface area contributed by atoms with Gasteiger partial charge in [0.05, 0.1) is 6.54 Å². The van der Waals surface area contributed by atoms with Gasteiger partial charge in [-0.2, -0.15) is 0 Å². The quantitative estimate of drug-likeness (QED) is 0.410. The zero-order valence-corrected chi connectivity index (χ0v) is 3.86. The topological polar surface area (TPSA) is 3.24 Å². The van der Waals surface area contributed by atoms with Gasteiger partial charge in [0.2, 0.25) is 0 Å². The average Bonchev–Trinajstić information content (AvgIpc) is 1.31. The van der Waals surface area contributed by atoms with Crippen molar-refractivity contribution in [3.8, 4) is 12.0 Å². The number of nitrogens with zero attached hydrogens (tertiary/aromatic N) is 1. The minimum absolute atomic E-state index is 0.983. The molecule has 0 N–H and O–H groups in total. The molecule has 0 aromatic heterocycles. The number of hydrogen-bond acceptors (Lipinski definition) is 1. The van der Waals surface area contributed by atoms with Gasteiger partial charge in [0.15, 0.2) is 0 Å². The average molecular weight is 81.1 g/mol. The van der Waals surface area contributed by atoms with E-state index in [1.165, 1.54) is 0 Å². The highest BCUT2D eigenvalue weighted by atomic mass is 15.1. The molecule has 0 atom stereocenters. The second-order valence-corrected chi connectivity index (χ2v) is 1.30. The lowest BCUT2D eigenvalue weighted by molar-refractivity contribution is 0.445. The molecule has 0 unspecified atom stereocenters. The summed E-state index contributed by atoms with van der Waals surface area (Å²) < 4.78 is 0. The van der Waals surface area contributed by atoms with Crippen LogP contribution in [0.15, 0.2) is 0 Å². The molecule has 1 heterocycles. The summed E-state index contributed by atoms with van der Waals surface area (Å²) in [5.41, 5.74) is 0. The lowest BCUT2D eigenvalue weighted by atomic mass is 10.4. The van der Waals surface area contributed by atoms with Crippen LogP contribution in [0.5, 0.6) is 0 Å². The van der Waals surface area contributed by atoms with E-state index in [0.717, 1.165) is 13.1 Å². The normalized spacial score (nSPS) is 15.2. The molecule has 0 aromatic rings. The molecule has 0 saturated heterocycles. The van der Waals surface area contributed by atoms with Crippen LogP contribution in [0.2, 0.25) is 0 Å². The molecule has 0 spiro atoms. The summed E-state index contributed by atoms with van der Waals surface area (Å²) in [6, 6.07) is 2.88. The van der Waals surface area contributed by atoms with Gasteiger partial charge in [-0.1, -0.05) is 5.92 Å². The highest BCUT2D eigenvalue weighted by Crippen LogP contribution is 1.88. The summed E-state index contributed by atoms with van der Waals surface area (Å²) in [5, 5.41) is 0. The molecule has 0 radical (unpaired) electrons. The lowest BCUT2D eigenvalue weighted by Crippen LogP contribution is -2.23. The minimum atomic E-state index is 0.983. The van der Waals surface area contributed by atoms with Crippen molar-refractivity contribution >= 4 is 0 Å². The first-order valence-corrected chi connectivity index (χ1v) is 2.17. The van der Waals surface area contributed by atoms with Crippen LogP contribution in [0, 0.1) is 12.0 Å². The van der Waals surface area contributed by atoms with Gasteiger partial charge in [-0.05, 0) is 6.92 Å². The van der Waals surface area contributed by atoms with Crippen molar-refractivity contribution in [3.05, 3.63) is 0 Å². The maximum absolute atomic E-state index is 2.89. The van der Waals surface area contributed by atoms with Gasteiger partial charge in [0.25, 0.3) is 0 Å². The standard InChI is InChI=1S/C5H7N/c1-2-6-4-3-5-6/h2,4H2,1H3. The first-order valence-electron chi connectivity index (χ1n) is 2.17. The van der Waals surface area contributed by atoms with Gasteiger partial charge in [-0.3, -0.25) is 0 Å². The Morgan fingerprint density at radius 3 is 2.50 bits per heavy atom. The Kier molecular flexibility index (Phi) is 0.719. The van der Waals surface area contributed by atoms with Gasteiger partial charge >= 0.3 is 0 Å². The van der Waals surface area contributed by atoms with Crippen LogP contribution in [0.25, 0.3) is 0 Å². The van der Waals surface area contributed by atoms with Gasteiger partial charge in [-0.25, -0.2) is 0 Å². The molecule has 1 aliphatic heterocycles. The van der Waals surface area contributed by atoms with Gasteiger partial charge in [0, 0.05) is 12.6 Å². The molecule has 32 valence electrons. The molecular formula is C5H7N. The molecule has 0 amide bonds. The summed E-state index contributed by atoms with van der Waals surface area (Å²) in [6.45, 7) is 4.16. The van der Waals surface area contributed by atoms with Crippen LogP contribution in [0.1, 0.15) is 6.92 Å². The summed E-state index contributed by atoms with van der Waals surface area (Å²) in [4.78, 5) is 2.07. The van der Waals surface area contributed by atoms with Crippen molar-refractivity contribution in [3.63, 3.8) is 0 Å². The van der Waals surface area contributed by atoms with E-state index in [2.05, 4.69) is 23.8 Å². The van der Waals surface area contributed by atoms with E-state index in [-0.39, 0.29) is 0 Å². The Hall–Kier alpha value is -0.640. The van der Waals surface area contributed by atoms with E-state index < -0.39 is 0 Å². The molecular weight excluding hydrogens is 74.1 g/mol. The van der Waals surface area contributed by atoms with Crippen LogP contribution in [-0.2, 0) is 0 Å². The third kappa shape index (κ3) is 0.345. The highest BCUT2D eigenvalue weighted by Gasteiger charge is 1.96. The first kappa shape index (κ1) is 3.55. The van der Waals surface area contributed by atoms with E-state index >= 15 is 0 Å². The number of hydrogen-bond donors (Lipinski definition) is 0. The SMILES string of the molecule is CCN1C#CC1. The zero-order valence-electron chi connectivity index (χ0n) is 3.86. The van der Waals surface area contributed by atoms with Gasteiger partial charge in [-0.15, -0.1) is 0 Å². The fourth-order valence-electron chi connectivity index (χ4n) is 0.382. The molecule has 6 heavy (non-hydrogen) atoms. The monoisotopic (exact) mass is 81.1 g/mol. The minimum Gasteiger partial charge on any atom is -0.321 e. The third-order valence-corrected chi connectivity index (χ3v) is 0.889. The second-order valence-electron chi connectivity index (χ2n) is 1.30. The van der Waals surface area contributed by atoms with Crippen molar-refractivity contribution in [2.24, 2.45) is 0 Å². The predicted molar refractivity (Wildman–Crippen MR) is 25.0 cm³/mol. The van der Waals surface area contributed by atoms with E-state index in [1.54, 1.807) is 0 Å². The van der Waals surface area contributed by atoms with Crippen LogP contribution in [-0.4, -0.2) is 18.0 Å². The molecule has 1 nitrogen and oxygen atoms in total. The summed E-state index contributed by atoms with van der Waals surface area (Å²) in [7, 11) is 0. The van der Waals surface area contributed by atoms with Crippen LogP contribution in [0.4, 0.5) is 0 Å². The van der Waals surface area contributed by atoms with Gasteiger partial charge < -0.3 is 4.90 Å². The Morgan fingerprint density at radius 1 is 1.83 bits per heavy atom. The molecule has 0 bridgehead atoms. The van der Waals surface area contributed by atoms with E-state index in [9.17, 15) is 0 Å². The maximum atomic E-state index is 2.89. The van der Waals surface area contributed by atoms with E-state index in [0.29, 0.717) is 0 Å². The first-order chi connectivity index (χ1) is 2.93. The van der Waals surface area contributed by atoms with Crippen LogP contribution in [0.3, 0.4) is 0 Å². The van der Waals surface area contributed by atoms with Crippen LogP contribution >= 0.6 is 0 Å². The molecule has 0 saturated carbocycles. The summed E-state index contributed by atoms with van der Waals surface area (Å²) >= 11 is 0. The molecule has 1 heteroatoms. The van der Waals surface area contributed by atoms with Gasteiger partial charge in [0.1, 0.15) is 0 Å². The molecule has 1 rings (SSSR count). The maximum Gasteiger partial charge on any atom is 0.0887 e. The smallest absolute Gasteiger partial charge is 0.0887 e. The van der Waals surface area contributed by atoms with E-state index in [1.807, 2.05) is 0 Å². The summed E-state index contributed by atoms with van der Waals surface area (Å²) in [5.74, 6) is 2.89. The molecule has 0 aliphatic carbocycles. The van der Waals surface area contributed by atoms with Crippen molar-refractivity contribution in [2.45, 2.75) is 6.92 Å². The Morgan fingerprint density at radius 2 is 2.50 bits per heavy atom. The molecule has 0 fully saturated rings. The number of rotatable bonds is 1. The zero-order chi connectivity index (χ0) is 4.41. The lowest BCUT2D eigenvalue weighted by Gasteiger charge is -2.15.